The second kappa shape index (κ2) is 3.69. The summed E-state index contributed by atoms with van der Waals surface area (Å²) in [4.78, 5) is 0. The quantitative estimate of drug-likeness (QED) is 0.762. The molecule has 1 aromatic carbocycles. The maximum absolute atomic E-state index is 9.37. The molecule has 0 radical (unpaired) electrons. The molecule has 1 N–H and O–H groups in total. The normalized spacial score (nSPS) is 10.3. The lowest BCUT2D eigenvalue weighted by molar-refractivity contribution is 0.464. The Balaban J connectivity index is 2.35. The van der Waals surface area contributed by atoms with Crippen molar-refractivity contribution in [2.75, 3.05) is 0 Å². The van der Waals surface area contributed by atoms with Gasteiger partial charge in [0, 0.05) is 6.07 Å². The number of rotatable bonds is 2. The molecule has 3 heteroatoms. The molecule has 0 amide bonds. The Labute approximate surface area is 87.6 Å². The van der Waals surface area contributed by atoms with Gasteiger partial charge >= 0.3 is 0 Å². The van der Waals surface area contributed by atoms with E-state index in [1.807, 2.05) is 13.8 Å². The van der Waals surface area contributed by atoms with Gasteiger partial charge in [0.2, 0.25) is 0 Å². The largest absolute Gasteiger partial charge is 0.504 e. The van der Waals surface area contributed by atoms with Gasteiger partial charge in [0.15, 0.2) is 5.75 Å². The SMILES string of the molecule is CC(C)=COc1ccc2c(O)coc2c1. The summed E-state index contributed by atoms with van der Waals surface area (Å²) in [7, 11) is 0. The van der Waals surface area contributed by atoms with Crippen LogP contribution in [0.4, 0.5) is 0 Å². The summed E-state index contributed by atoms with van der Waals surface area (Å²) in [6.45, 7) is 3.91. The third-order valence-corrected chi connectivity index (χ3v) is 1.96. The second-order valence-corrected chi connectivity index (χ2v) is 3.59. The Morgan fingerprint density at radius 3 is 2.93 bits per heavy atom. The molecule has 3 nitrogen and oxygen atoms in total. The van der Waals surface area contributed by atoms with Crippen LogP contribution in [-0.4, -0.2) is 5.11 Å². The van der Waals surface area contributed by atoms with Crippen LogP contribution in [0.1, 0.15) is 13.8 Å². The molecule has 15 heavy (non-hydrogen) atoms. The maximum atomic E-state index is 9.37. The van der Waals surface area contributed by atoms with E-state index in [0.717, 1.165) is 5.57 Å². The highest BCUT2D eigenvalue weighted by molar-refractivity contribution is 5.84. The molecule has 0 aliphatic carbocycles. The van der Waals surface area contributed by atoms with E-state index in [4.69, 9.17) is 9.15 Å². The van der Waals surface area contributed by atoms with Gasteiger partial charge in [-0.3, -0.25) is 0 Å². The van der Waals surface area contributed by atoms with Crippen LogP contribution in [0.25, 0.3) is 11.0 Å². The highest BCUT2D eigenvalue weighted by Crippen LogP contribution is 2.29. The van der Waals surface area contributed by atoms with E-state index in [0.29, 0.717) is 16.7 Å². The van der Waals surface area contributed by atoms with E-state index < -0.39 is 0 Å². The van der Waals surface area contributed by atoms with Crippen LogP contribution in [-0.2, 0) is 0 Å². The number of allylic oxidation sites excluding steroid dienone is 1. The molecule has 0 aliphatic rings. The number of hydrogen-bond acceptors (Lipinski definition) is 3. The van der Waals surface area contributed by atoms with Crippen LogP contribution >= 0.6 is 0 Å². The standard InChI is InChI=1S/C12H12O3/c1-8(2)6-14-9-3-4-10-11(13)7-15-12(10)5-9/h3-7,13H,1-2H3. The Bertz CT molecular complexity index is 505. The van der Waals surface area contributed by atoms with Crippen molar-refractivity contribution in [2.24, 2.45) is 0 Å². The highest BCUT2D eigenvalue weighted by Gasteiger charge is 2.04. The van der Waals surface area contributed by atoms with Crippen molar-refractivity contribution in [3.63, 3.8) is 0 Å². The third-order valence-electron chi connectivity index (χ3n) is 1.96. The molecule has 0 atom stereocenters. The van der Waals surface area contributed by atoms with E-state index in [-0.39, 0.29) is 5.75 Å². The van der Waals surface area contributed by atoms with Crippen molar-refractivity contribution in [3.8, 4) is 11.5 Å². The number of fused-ring (bicyclic) bond motifs is 1. The van der Waals surface area contributed by atoms with Crippen molar-refractivity contribution in [2.45, 2.75) is 13.8 Å². The molecule has 2 rings (SSSR count). The van der Waals surface area contributed by atoms with E-state index in [9.17, 15) is 5.11 Å². The van der Waals surface area contributed by atoms with Gasteiger partial charge in [0.05, 0.1) is 11.6 Å². The molecule has 0 spiro atoms. The molecule has 78 valence electrons. The molecular weight excluding hydrogens is 192 g/mol. The van der Waals surface area contributed by atoms with Gasteiger partial charge in [0.1, 0.15) is 17.6 Å². The van der Waals surface area contributed by atoms with E-state index >= 15 is 0 Å². The lowest BCUT2D eigenvalue weighted by Crippen LogP contribution is -1.82. The Kier molecular flexibility index (Phi) is 2.37. The van der Waals surface area contributed by atoms with Crippen molar-refractivity contribution < 1.29 is 14.3 Å². The van der Waals surface area contributed by atoms with Gasteiger partial charge in [-0.2, -0.15) is 0 Å². The monoisotopic (exact) mass is 204 g/mol. The Hall–Kier alpha value is -1.90. The summed E-state index contributed by atoms with van der Waals surface area (Å²) < 4.78 is 10.5. The fourth-order valence-corrected chi connectivity index (χ4v) is 1.25. The van der Waals surface area contributed by atoms with Crippen LogP contribution in [0.15, 0.2) is 40.7 Å². The predicted octanol–water partition coefficient (Wildman–Crippen LogP) is 3.44. The average Bonchev–Trinajstić information content (AvgIpc) is 2.57. The number of hydrogen-bond donors (Lipinski definition) is 1. The van der Waals surface area contributed by atoms with Crippen molar-refractivity contribution in [3.05, 3.63) is 36.3 Å². The minimum absolute atomic E-state index is 0.152. The van der Waals surface area contributed by atoms with Crippen LogP contribution in [0.3, 0.4) is 0 Å². The predicted molar refractivity (Wildman–Crippen MR) is 57.9 cm³/mol. The molecule has 1 heterocycles. The summed E-state index contributed by atoms with van der Waals surface area (Å²) in [5.74, 6) is 0.844. The molecule has 0 bridgehead atoms. The summed E-state index contributed by atoms with van der Waals surface area (Å²) in [6, 6.07) is 5.30. The van der Waals surface area contributed by atoms with E-state index in [1.165, 1.54) is 6.26 Å². The molecule has 0 fully saturated rings. The summed E-state index contributed by atoms with van der Waals surface area (Å²) in [5, 5.41) is 10.1. The maximum Gasteiger partial charge on any atom is 0.161 e. The van der Waals surface area contributed by atoms with Gasteiger partial charge in [-0.05, 0) is 31.6 Å². The minimum atomic E-state index is 0.152. The lowest BCUT2D eigenvalue weighted by atomic mass is 10.2. The van der Waals surface area contributed by atoms with E-state index in [1.54, 1.807) is 24.5 Å². The van der Waals surface area contributed by atoms with Crippen LogP contribution in [0.5, 0.6) is 11.5 Å². The Morgan fingerprint density at radius 2 is 2.20 bits per heavy atom. The summed E-state index contributed by atoms with van der Waals surface area (Å²) in [5.41, 5.74) is 1.70. The number of ether oxygens (including phenoxy) is 1. The van der Waals surface area contributed by atoms with Gasteiger partial charge in [-0.25, -0.2) is 0 Å². The number of aromatic hydroxyl groups is 1. The van der Waals surface area contributed by atoms with Gasteiger partial charge in [-0.15, -0.1) is 0 Å². The molecule has 0 unspecified atom stereocenters. The van der Waals surface area contributed by atoms with Crippen molar-refractivity contribution in [1.29, 1.82) is 0 Å². The summed E-state index contributed by atoms with van der Waals surface area (Å²) >= 11 is 0. The third kappa shape index (κ3) is 1.96. The van der Waals surface area contributed by atoms with Crippen LogP contribution in [0.2, 0.25) is 0 Å². The average molecular weight is 204 g/mol. The zero-order valence-corrected chi connectivity index (χ0v) is 8.65. The topological polar surface area (TPSA) is 42.6 Å². The molecule has 0 saturated heterocycles. The van der Waals surface area contributed by atoms with Crippen LogP contribution < -0.4 is 4.74 Å². The van der Waals surface area contributed by atoms with Gasteiger partial charge < -0.3 is 14.3 Å². The summed E-state index contributed by atoms with van der Waals surface area (Å²) in [6.07, 6.45) is 2.99. The fraction of sp³-hybridized carbons (Fsp3) is 0.167. The van der Waals surface area contributed by atoms with Gasteiger partial charge in [0.25, 0.3) is 0 Å². The molecule has 2 aromatic rings. The minimum Gasteiger partial charge on any atom is -0.504 e. The second-order valence-electron chi connectivity index (χ2n) is 3.59. The number of benzene rings is 1. The van der Waals surface area contributed by atoms with Crippen molar-refractivity contribution >= 4 is 11.0 Å². The smallest absolute Gasteiger partial charge is 0.161 e. The first kappa shape index (κ1) is 9.65. The zero-order valence-electron chi connectivity index (χ0n) is 8.65. The van der Waals surface area contributed by atoms with Gasteiger partial charge in [-0.1, -0.05) is 0 Å². The fourth-order valence-electron chi connectivity index (χ4n) is 1.25. The molecule has 1 aromatic heterocycles. The zero-order chi connectivity index (χ0) is 10.8. The lowest BCUT2D eigenvalue weighted by Gasteiger charge is -2.00. The van der Waals surface area contributed by atoms with Crippen LogP contribution in [0, 0.1) is 0 Å². The first-order valence-corrected chi connectivity index (χ1v) is 4.67. The first-order chi connectivity index (χ1) is 7.16. The molecular formula is C12H12O3. The highest BCUT2D eigenvalue weighted by atomic mass is 16.5. The first-order valence-electron chi connectivity index (χ1n) is 4.67. The number of furan rings is 1. The van der Waals surface area contributed by atoms with Crippen molar-refractivity contribution in [1.82, 2.24) is 0 Å². The van der Waals surface area contributed by atoms with E-state index in [2.05, 4.69) is 0 Å². The Morgan fingerprint density at radius 1 is 1.40 bits per heavy atom. The molecule has 0 saturated carbocycles. The molecule has 0 aliphatic heterocycles.